The summed E-state index contributed by atoms with van der Waals surface area (Å²) in [5, 5.41) is 2.51. The number of fused-ring (bicyclic) bond motifs is 1. The summed E-state index contributed by atoms with van der Waals surface area (Å²) < 4.78 is 38.4. The van der Waals surface area contributed by atoms with E-state index >= 15 is 0 Å². The van der Waals surface area contributed by atoms with E-state index in [1.165, 1.54) is 12.1 Å². The van der Waals surface area contributed by atoms with Crippen molar-refractivity contribution in [1.29, 1.82) is 0 Å². The number of halogens is 3. The molecule has 1 N–H and O–H groups in total. The van der Waals surface area contributed by atoms with Crippen molar-refractivity contribution < 1.29 is 22.8 Å². The summed E-state index contributed by atoms with van der Waals surface area (Å²) in [6.07, 6.45) is -3.29. The van der Waals surface area contributed by atoms with Crippen LogP contribution in [0.1, 0.15) is 24.5 Å². The number of para-hydroxylation sites is 1. The van der Waals surface area contributed by atoms with Crippen molar-refractivity contribution >= 4 is 23.2 Å². The average molecular weight is 388 g/mol. The normalized spacial score (nSPS) is 23.3. The summed E-state index contributed by atoms with van der Waals surface area (Å²) in [4.78, 5) is 27.1. The molecule has 0 saturated heterocycles. The fourth-order valence-electron chi connectivity index (χ4n) is 3.85. The van der Waals surface area contributed by atoms with E-state index in [0.29, 0.717) is 6.42 Å². The fraction of sp³-hybridized carbons (Fsp3) is 0.333. The largest absolute Gasteiger partial charge is 0.416 e. The monoisotopic (exact) mass is 388 g/mol. The first-order chi connectivity index (χ1) is 13.3. The Morgan fingerprint density at radius 1 is 1.07 bits per heavy atom. The Hall–Kier alpha value is -2.83. The molecule has 0 bridgehead atoms. The number of rotatable bonds is 3. The molecule has 0 radical (unpaired) electrons. The van der Waals surface area contributed by atoms with Gasteiger partial charge in [0, 0.05) is 17.4 Å². The summed E-state index contributed by atoms with van der Waals surface area (Å²) in [6.45, 7) is 1.97. The molecule has 2 aliphatic rings. The third-order valence-corrected chi connectivity index (χ3v) is 5.35. The predicted molar refractivity (Wildman–Crippen MR) is 98.8 cm³/mol. The summed E-state index contributed by atoms with van der Waals surface area (Å²) >= 11 is 0. The molecule has 2 aromatic carbocycles. The van der Waals surface area contributed by atoms with Gasteiger partial charge in [0.15, 0.2) is 0 Å². The maximum Gasteiger partial charge on any atom is 0.416 e. The van der Waals surface area contributed by atoms with E-state index in [1.807, 2.05) is 31.2 Å². The van der Waals surface area contributed by atoms with Gasteiger partial charge in [-0.25, -0.2) is 0 Å². The van der Waals surface area contributed by atoms with Crippen LogP contribution in [0.4, 0.5) is 24.5 Å². The smallest absolute Gasteiger partial charge is 0.326 e. The van der Waals surface area contributed by atoms with Gasteiger partial charge in [0.05, 0.1) is 17.4 Å². The third kappa shape index (κ3) is 3.37. The zero-order valence-electron chi connectivity index (χ0n) is 15.2. The van der Waals surface area contributed by atoms with Crippen LogP contribution in [-0.4, -0.2) is 17.9 Å². The van der Waals surface area contributed by atoms with Crippen molar-refractivity contribution in [2.24, 2.45) is 11.8 Å². The average Bonchev–Trinajstić information content (AvgIpc) is 3.37. The molecule has 2 amide bonds. The number of carbonyl (C=O) groups is 2. The van der Waals surface area contributed by atoms with Crippen LogP contribution in [0.15, 0.2) is 48.5 Å². The van der Waals surface area contributed by atoms with Crippen LogP contribution >= 0.6 is 0 Å². The zero-order valence-corrected chi connectivity index (χ0v) is 15.2. The standard InChI is InChI=1S/C21H19F3N2O2/c1-12-9-13-5-2-3-8-18(13)26(12)20(28)17-11-16(17)19(27)25-15-7-4-6-14(10-15)21(22,23)24/h2-8,10,12,16-17H,9,11H2,1H3,(H,25,27). The molecule has 4 nitrogen and oxygen atoms in total. The van der Waals surface area contributed by atoms with Gasteiger partial charge in [0.25, 0.3) is 0 Å². The van der Waals surface area contributed by atoms with Gasteiger partial charge in [-0.15, -0.1) is 0 Å². The maximum atomic E-state index is 12.9. The number of benzene rings is 2. The number of nitrogens with one attached hydrogen (secondary N) is 1. The second-order valence-corrected chi connectivity index (χ2v) is 7.41. The van der Waals surface area contributed by atoms with Gasteiger partial charge in [-0.2, -0.15) is 13.2 Å². The Morgan fingerprint density at radius 2 is 1.82 bits per heavy atom. The lowest BCUT2D eigenvalue weighted by Gasteiger charge is -2.23. The minimum atomic E-state index is -4.47. The molecule has 1 aliphatic carbocycles. The third-order valence-electron chi connectivity index (χ3n) is 5.35. The Balaban J connectivity index is 1.43. The molecule has 146 valence electrons. The van der Waals surface area contributed by atoms with Crippen molar-refractivity contribution in [2.75, 3.05) is 10.2 Å². The van der Waals surface area contributed by atoms with Crippen molar-refractivity contribution in [3.8, 4) is 0 Å². The van der Waals surface area contributed by atoms with Gasteiger partial charge in [0.1, 0.15) is 0 Å². The van der Waals surface area contributed by atoms with Crippen LogP contribution in [-0.2, 0) is 22.2 Å². The predicted octanol–water partition coefficient (Wildman–Crippen LogP) is 4.26. The number of alkyl halides is 3. The molecule has 28 heavy (non-hydrogen) atoms. The quantitative estimate of drug-likeness (QED) is 0.854. The van der Waals surface area contributed by atoms with Crippen molar-refractivity contribution in [2.45, 2.75) is 32.0 Å². The summed E-state index contributed by atoms with van der Waals surface area (Å²) in [5.41, 5.74) is 1.24. The van der Waals surface area contributed by atoms with Crippen molar-refractivity contribution in [3.63, 3.8) is 0 Å². The summed E-state index contributed by atoms with van der Waals surface area (Å²) in [7, 11) is 0. The van der Waals surface area contributed by atoms with Crippen LogP contribution in [0.5, 0.6) is 0 Å². The molecule has 2 aromatic rings. The fourth-order valence-corrected chi connectivity index (χ4v) is 3.85. The second kappa shape index (κ2) is 6.65. The number of carbonyl (C=O) groups excluding carboxylic acids is 2. The molecule has 7 heteroatoms. The molecule has 4 rings (SSSR count). The Kier molecular flexibility index (Phi) is 4.40. The molecule has 0 spiro atoms. The van der Waals surface area contributed by atoms with E-state index in [2.05, 4.69) is 5.32 Å². The minimum Gasteiger partial charge on any atom is -0.326 e. The zero-order chi connectivity index (χ0) is 20.1. The topological polar surface area (TPSA) is 49.4 Å². The van der Waals surface area contributed by atoms with E-state index in [-0.39, 0.29) is 17.6 Å². The number of hydrogen-bond acceptors (Lipinski definition) is 2. The van der Waals surface area contributed by atoms with Crippen molar-refractivity contribution in [1.82, 2.24) is 0 Å². The molecular formula is C21H19F3N2O2. The summed E-state index contributed by atoms with van der Waals surface area (Å²) in [5.74, 6) is -1.46. The number of hydrogen-bond donors (Lipinski definition) is 1. The van der Waals surface area contributed by atoms with Gasteiger partial charge in [0.2, 0.25) is 11.8 Å². The highest BCUT2D eigenvalue weighted by atomic mass is 19.4. The Morgan fingerprint density at radius 3 is 2.57 bits per heavy atom. The highest BCUT2D eigenvalue weighted by molar-refractivity contribution is 6.05. The van der Waals surface area contributed by atoms with Gasteiger partial charge < -0.3 is 10.2 Å². The van der Waals surface area contributed by atoms with Gasteiger partial charge >= 0.3 is 6.18 Å². The van der Waals surface area contributed by atoms with Crippen LogP contribution in [0, 0.1) is 11.8 Å². The van der Waals surface area contributed by atoms with E-state index < -0.39 is 29.5 Å². The van der Waals surface area contributed by atoms with Crippen LogP contribution < -0.4 is 10.2 Å². The molecule has 1 heterocycles. The highest BCUT2D eigenvalue weighted by Gasteiger charge is 2.51. The first-order valence-corrected chi connectivity index (χ1v) is 9.15. The Bertz CT molecular complexity index is 941. The van der Waals surface area contributed by atoms with Crippen LogP contribution in [0.2, 0.25) is 0 Å². The highest BCUT2D eigenvalue weighted by Crippen LogP contribution is 2.44. The number of anilines is 2. The molecule has 3 unspecified atom stereocenters. The molecular weight excluding hydrogens is 369 g/mol. The lowest BCUT2D eigenvalue weighted by atomic mass is 10.1. The lowest BCUT2D eigenvalue weighted by Crippen LogP contribution is -2.37. The molecule has 1 fully saturated rings. The van der Waals surface area contributed by atoms with E-state index in [9.17, 15) is 22.8 Å². The minimum absolute atomic E-state index is 0.0256. The number of amides is 2. The molecule has 3 atom stereocenters. The van der Waals surface area contributed by atoms with Gasteiger partial charge in [-0.05, 0) is 49.6 Å². The van der Waals surface area contributed by atoms with Crippen LogP contribution in [0.3, 0.4) is 0 Å². The van der Waals surface area contributed by atoms with Crippen molar-refractivity contribution in [3.05, 3.63) is 59.7 Å². The van der Waals surface area contributed by atoms with E-state index in [4.69, 9.17) is 0 Å². The van der Waals surface area contributed by atoms with Crippen LogP contribution in [0.25, 0.3) is 0 Å². The molecule has 1 saturated carbocycles. The molecule has 1 aliphatic heterocycles. The maximum absolute atomic E-state index is 12.9. The van der Waals surface area contributed by atoms with E-state index in [1.54, 1.807) is 4.90 Å². The summed E-state index contributed by atoms with van der Waals surface area (Å²) in [6, 6.07) is 12.2. The lowest BCUT2D eigenvalue weighted by molar-refractivity contribution is -0.137. The molecule has 0 aromatic heterocycles. The van der Waals surface area contributed by atoms with Gasteiger partial charge in [-0.1, -0.05) is 24.3 Å². The second-order valence-electron chi connectivity index (χ2n) is 7.41. The Labute approximate surface area is 160 Å². The first kappa shape index (κ1) is 18.5. The first-order valence-electron chi connectivity index (χ1n) is 9.15. The number of nitrogens with zero attached hydrogens (tertiary/aromatic N) is 1. The SMILES string of the molecule is CC1Cc2ccccc2N1C(=O)C1CC1C(=O)Nc1cccc(C(F)(F)F)c1. The van der Waals surface area contributed by atoms with E-state index in [0.717, 1.165) is 29.8 Å². The van der Waals surface area contributed by atoms with Gasteiger partial charge in [-0.3, -0.25) is 9.59 Å².